The number of hydrogen-bond donors (Lipinski definition) is 1. The number of amidine groups is 1. The number of rotatable bonds is 6. The maximum Gasteiger partial charge on any atom is 0.516 e. The standard InChI is InChI=1S/C23H25F4N7O4S/c1-5-17-19(32-12-13(2)14(3)29-21(32)30-17)20(35)28-11-15-6-7-18(16(24)10-15)33-8-9-34(22(31-33)38-4)39(36,37)23(25,26)27/h6-7,10,12H,5,8-9,11H2,1-4H3,(H,28,35). The van der Waals surface area contributed by atoms with Crippen LogP contribution in [0.15, 0.2) is 29.5 Å². The van der Waals surface area contributed by atoms with Crippen LogP contribution in [0.3, 0.4) is 0 Å². The molecule has 3 heterocycles. The van der Waals surface area contributed by atoms with Crippen LogP contribution >= 0.6 is 0 Å². The van der Waals surface area contributed by atoms with Gasteiger partial charge in [0.2, 0.25) is 5.78 Å². The Morgan fingerprint density at radius 2 is 1.90 bits per heavy atom. The average Bonchev–Trinajstić information content (AvgIpc) is 3.23. The molecule has 16 heteroatoms. The lowest BCUT2D eigenvalue weighted by Gasteiger charge is -2.32. The summed E-state index contributed by atoms with van der Waals surface area (Å²) in [4.78, 5) is 21.9. The fourth-order valence-electron chi connectivity index (χ4n) is 3.96. The van der Waals surface area contributed by atoms with E-state index in [1.807, 2.05) is 20.8 Å². The van der Waals surface area contributed by atoms with Gasteiger partial charge in [-0.15, -0.1) is 5.10 Å². The van der Waals surface area contributed by atoms with Gasteiger partial charge in [0.05, 0.1) is 31.6 Å². The van der Waals surface area contributed by atoms with Crippen molar-refractivity contribution < 1.29 is 35.5 Å². The Kier molecular flexibility index (Phi) is 7.42. The first-order chi connectivity index (χ1) is 18.3. The van der Waals surface area contributed by atoms with E-state index in [0.717, 1.165) is 29.4 Å². The van der Waals surface area contributed by atoms with Gasteiger partial charge in [-0.1, -0.05) is 13.0 Å². The predicted molar refractivity (Wildman–Crippen MR) is 133 cm³/mol. The number of aromatic nitrogens is 3. The van der Waals surface area contributed by atoms with Gasteiger partial charge >= 0.3 is 21.6 Å². The number of imidazole rings is 1. The summed E-state index contributed by atoms with van der Waals surface area (Å²) < 4.78 is 83.8. The van der Waals surface area contributed by atoms with E-state index in [4.69, 9.17) is 4.74 Å². The molecule has 1 aliphatic heterocycles. The molecule has 0 bridgehead atoms. The quantitative estimate of drug-likeness (QED) is 0.452. The number of hydrogen-bond acceptors (Lipinski definition) is 8. The third kappa shape index (κ3) is 5.20. The van der Waals surface area contributed by atoms with Crippen molar-refractivity contribution in [1.29, 1.82) is 0 Å². The number of alkyl halides is 3. The molecule has 11 nitrogen and oxygen atoms in total. The molecule has 0 radical (unpaired) electrons. The van der Waals surface area contributed by atoms with Crippen molar-refractivity contribution in [3.8, 4) is 0 Å². The van der Waals surface area contributed by atoms with Crippen LogP contribution < -0.4 is 10.3 Å². The van der Waals surface area contributed by atoms with Crippen LogP contribution in [0.4, 0.5) is 23.2 Å². The number of carbonyl (C=O) groups excluding carboxylic acids is 1. The highest BCUT2D eigenvalue weighted by molar-refractivity contribution is 7.90. The maximum atomic E-state index is 15.0. The van der Waals surface area contributed by atoms with Gasteiger partial charge in [-0.2, -0.15) is 21.6 Å². The second-order valence-electron chi connectivity index (χ2n) is 8.64. The van der Waals surface area contributed by atoms with Crippen molar-refractivity contribution in [2.45, 2.75) is 39.2 Å². The molecule has 0 atom stereocenters. The zero-order chi connectivity index (χ0) is 28.7. The number of halogens is 4. The summed E-state index contributed by atoms with van der Waals surface area (Å²) in [5.41, 5.74) is -2.71. The first kappa shape index (κ1) is 28.1. The zero-order valence-corrected chi connectivity index (χ0v) is 22.2. The van der Waals surface area contributed by atoms with Crippen LogP contribution in [0, 0.1) is 19.7 Å². The second kappa shape index (κ2) is 10.3. The summed E-state index contributed by atoms with van der Waals surface area (Å²) in [6.45, 7) is 4.51. The molecule has 0 spiro atoms. The Balaban J connectivity index is 1.52. The van der Waals surface area contributed by atoms with Crippen molar-refractivity contribution in [1.82, 2.24) is 24.0 Å². The summed E-state index contributed by atoms with van der Waals surface area (Å²) in [6, 6.07) is 3.11. The van der Waals surface area contributed by atoms with Crippen molar-refractivity contribution in [2.24, 2.45) is 5.10 Å². The van der Waals surface area contributed by atoms with E-state index in [1.54, 1.807) is 10.6 Å². The van der Waals surface area contributed by atoms with Crippen LogP contribution in [0.1, 0.15) is 39.9 Å². The number of sulfonamides is 1. The molecule has 210 valence electrons. The number of nitrogens with zero attached hydrogens (tertiary/aromatic N) is 6. The predicted octanol–water partition coefficient (Wildman–Crippen LogP) is 2.87. The highest BCUT2D eigenvalue weighted by Crippen LogP contribution is 2.30. The lowest BCUT2D eigenvalue weighted by Crippen LogP contribution is -2.51. The SMILES string of the molecule is CCc1nc2nc(C)c(C)cn2c1C(=O)NCc1ccc(N2CCN(S(=O)(=O)C(F)(F)F)C(OC)=N2)c(F)c1. The first-order valence-electron chi connectivity index (χ1n) is 11.7. The van der Waals surface area contributed by atoms with Gasteiger partial charge in [0.15, 0.2) is 0 Å². The molecule has 1 N–H and O–H groups in total. The highest BCUT2D eigenvalue weighted by atomic mass is 32.2. The molecule has 0 fully saturated rings. The van der Waals surface area contributed by atoms with Crippen molar-refractivity contribution >= 4 is 33.4 Å². The minimum Gasteiger partial charge on any atom is -0.467 e. The van der Waals surface area contributed by atoms with Gasteiger partial charge in [0, 0.05) is 18.4 Å². The van der Waals surface area contributed by atoms with Crippen LogP contribution in [0.2, 0.25) is 0 Å². The minimum absolute atomic E-state index is 0.0195. The molecule has 3 aromatic rings. The largest absolute Gasteiger partial charge is 0.516 e. The summed E-state index contributed by atoms with van der Waals surface area (Å²) in [6.07, 6.45) is 2.27. The van der Waals surface area contributed by atoms with Gasteiger partial charge in [-0.3, -0.25) is 14.2 Å². The number of benzene rings is 1. The number of aryl methyl sites for hydroxylation is 3. The van der Waals surface area contributed by atoms with Crippen LogP contribution in [-0.2, 0) is 27.7 Å². The molecule has 1 amide bonds. The Labute approximate surface area is 221 Å². The lowest BCUT2D eigenvalue weighted by molar-refractivity contribution is -0.0477. The Bertz CT molecular complexity index is 1570. The first-order valence-corrected chi connectivity index (χ1v) is 13.1. The Hall–Kier alpha value is -3.95. The fourth-order valence-corrected chi connectivity index (χ4v) is 4.85. The molecule has 4 rings (SSSR count). The number of fused-ring (bicyclic) bond motifs is 1. The Morgan fingerprint density at radius 1 is 1.18 bits per heavy atom. The van der Waals surface area contributed by atoms with E-state index in [9.17, 15) is 30.8 Å². The molecular weight excluding hydrogens is 546 g/mol. The van der Waals surface area contributed by atoms with E-state index in [0.29, 0.717) is 29.1 Å². The molecule has 1 aromatic carbocycles. The smallest absolute Gasteiger partial charge is 0.467 e. The van der Waals surface area contributed by atoms with E-state index in [1.165, 1.54) is 12.1 Å². The molecule has 2 aromatic heterocycles. The molecule has 1 aliphatic rings. The lowest BCUT2D eigenvalue weighted by atomic mass is 10.1. The third-order valence-electron chi connectivity index (χ3n) is 6.12. The van der Waals surface area contributed by atoms with Crippen LogP contribution in [0.5, 0.6) is 0 Å². The topological polar surface area (TPSA) is 122 Å². The Morgan fingerprint density at radius 3 is 2.51 bits per heavy atom. The van der Waals surface area contributed by atoms with Gasteiger partial charge in [0.1, 0.15) is 11.5 Å². The van der Waals surface area contributed by atoms with E-state index >= 15 is 0 Å². The van der Waals surface area contributed by atoms with Gasteiger partial charge in [-0.05, 0) is 43.5 Å². The number of carbonyl (C=O) groups is 1. The summed E-state index contributed by atoms with van der Waals surface area (Å²) in [5, 5.41) is 7.49. The summed E-state index contributed by atoms with van der Waals surface area (Å²) >= 11 is 0. The number of hydrazone groups is 1. The molecule has 0 saturated carbocycles. The van der Waals surface area contributed by atoms with E-state index in [2.05, 4.69) is 20.4 Å². The number of methoxy groups -OCH3 is 1. The van der Waals surface area contributed by atoms with Crippen LogP contribution in [-0.4, -0.2) is 64.7 Å². The third-order valence-corrected chi connectivity index (χ3v) is 7.62. The van der Waals surface area contributed by atoms with Crippen LogP contribution in [0.25, 0.3) is 5.78 Å². The summed E-state index contributed by atoms with van der Waals surface area (Å²) in [5.74, 6) is -0.813. The molecule has 0 saturated heterocycles. The molecular formula is C23H25F4N7O4S. The number of nitrogens with one attached hydrogen (secondary N) is 1. The van der Waals surface area contributed by atoms with Crippen molar-refractivity contribution in [3.05, 3.63) is 58.4 Å². The number of anilines is 1. The van der Waals surface area contributed by atoms with Crippen molar-refractivity contribution in [3.63, 3.8) is 0 Å². The van der Waals surface area contributed by atoms with Gasteiger partial charge < -0.3 is 10.1 Å². The minimum atomic E-state index is -5.73. The fraction of sp³-hybridized carbons (Fsp3) is 0.391. The maximum absolute atomic E-state index is 15.0. The van der Waals surface area contributed by atoms with E-state index < -0.39 is 39.8 Å². The van der Waals surface area contributed by atoms with Crippen molar-refractivity contribution in [2.75, 3.05) is 25.2 Å². The molecule has 0 unspecified atom stereocenters. The average molecular weight is 572 g/mol. The zero-order valence-electron chi connectivity index (χ0n) is 21.4. The highest BCUT2D eigenvalue weighted by Gasteiger charge is 2.52. The monoisotopic (exact) mass is 571 g/mol. The molecule has 39 heavy (non-hydrogen) atoms. The summed E-state index contributed by atoms with van der Waals surface area (Å²) in [7, 11) is -4.78. The van der Waals surface area contributed by atoms with E-state index in [-0.39, 0.29) is 23.1 Å². The second-order valence-corrected chi connectivity index (χ2v) is 10.5. The number of ether oxygens (including phenoxy) is 1. The normalized spacial score (nSPS) is 14.5. The van der Waals surface area contributed by atoms with Gasteiger partial charge in [-0.25, -0.2) is 18.7 Å². The number of amides is 1. The molecule has 0 aliphatic carbocycles. The van der Waals surface area contributed by atoms with Gasteiger partial charge in [0.25, 0.3) is 5.91 Å².